The normalized spacial score (nSPS) is 27.9. The molecule has 0 aliphatic carbocycles. The number of aromatic carboxylic acids is 1. The lowest BCUT2D eigenvalue weighted by Gasteiger charge is -2.39. The first kappa shape index (κ1) is 19.2. The quantitative estimate of drug-likeness (QED) is 0.470. The molecule has 3 rings (SSSR count). The maximum Gasteiger partial charge on any atom is 0.354 e. The van der Waals surface area contributed by atoms with Crippen molar-refractivity contribution in [2.24, 2.45) is 0 Å². The number of nitrogens with zero attached hydrogens (tertiary/aromatic N) is 1. The topological polar surface area (TPSA) is 150 Å². The second-order valence-corrected chi connectivity index (χ2v) is 6.08. The maximum atomic E-state index is 10.8. The lowest BCUT2D eigenvalue weighted by atomic mass is 9.99. The fourth-order valence-electron chi connectivity index (χ4n) is 2.72. The number of benzene rings is 1. The van der Waals surface area contributed by atoms with E-state index >= 15 is 0 Å². The molecular formula is C18H19NO8. The summed E-state index contributed by atoms with van der Waals surface area (Å²) in [5, 5.41) is 47.6. The van der Waals surface area contributed by atoms with Crippen LogP contribution in [0.4, 0.5) is 0 Å². The van der Waals surface area contributed by atoms with Crippen molar-refractivity contribution in [1.82, 2.24) is 4.98 Å². The number of carboxylic acid groups (broad SMARTS) is 1. The van der Waals surface area contributed by atoms with E-state index in [-0.39, 0.29) is 5.69 Å². The highest BCUT2D eigenvalue weighted by molar-refractivity contribution is 5.85. The summed E-state index contributed by atoms with van der Waals surface area (Å²) < 4.78 is 10.8. The number of pyridine rings is 1. The molecule has 2 aromatic rings. The van der Waals surface area contributed by atoms with E-state index in [4.69, 9.17) is 14.6 Å². The Balaban J connectivity index is 1.71. The molecule has 9 nitrogen and oxygen atoms in total. The summed E-state index contributed by atoms with van der Waals surface area (Å²) >= 11 is 0. The largest absolute Gasteiger partial charge is 0.477 e. The van der Waals surface area contributed by atoms with Crippen LogP contribution >= 0.6 is 0 Å². The zero-order chi connectivity index (χ0) is 19.6. The SMILES string of the molecule is O=C(O)c1ccc(-c2ccc(O[C@@H]3O[C@H](CO)[C@@H](O)[C@H](O)[C@@H]3O)cc2)cn1. The van der Waals surface area contributed by atoms with Gasteiger partial charge >= 0.3 is 5.97 Å². The van der Waals surface area contributed by atoms with E-state index < -0.39 is 43.3 Å². The Morgan fingerprint density at radius 2 is 1.67 bits per heavy atom. The zero-order valence-electron chi connectivity index (χ0n) is 14.0. The van der Waals surface area contributed by atoms with Gasteiger partial charge in [0.25, 0.3) is 0 Å². The van der Waals surface area contributed by atoms with Gasteiger partial charge in [-0.05, 0) is 23.8 Å². The third kappa shape index (κ3) is 4.07. The van der Waals surface area contributed by atoms with Crippen molar-refractivity contribution in [1.29, 1.82) is 0 Å². The minimum atomic E-state index is -1.51. The second-order valence-electron chi connectivity index (χ2n) is 6.08. The van der Waals surface area contributed by atoms with Crippen molar-refractivity contribution in [2.45, 2.75) is 30.7 Å². The zero-order valence-corrected chi connectivity index (χ0v) is 14.0. The van der Waals surface area contributed by atoms with Crippen molar-refractivity contribution >= 4 is 5.97 Å². The molecule has 1 fully saturated rings. The van der Waals surface area contributed by atoms with Crippen LogP contribution in [0.15, 0.2) is 42.6 Å². The predicted molar refractivity (Wildman–Crippen MR) is 91.0 cm³/mol. The van der Waals surface area contributed by atoms with Gasteiger partial charge in [-0.3, -0.25) is 0 Å². The molecule has 5 N–H and O–H groups in total. The molecule has 0 saturated carbocycles. The summed E-state index contributed by atoms with van der Waals surface area (Å²) in [6.45, 7) is -0.539. The van der Waals surface area contributed by atoms with E-state index in [1.165, 1.54) is 12.3 Å². The van der Waals surface area contributed by atoms with Gasteiger partial charge in [-0.1, -0.05) is 18.2 Å². The van der Waals surface area contributed by atoms with Gasteiger partial charge in [-0.15, -0.1) is 0 Å². The van der Waals surface area contributed by atoms with Crippen molar-refractivity contribution < 1.29 is 39.8 Å². The number of aliphatic hydroxyl groups is 4. The van der Waals surface area contributed by atoms with E-state index in [0.29, 0.717) is 11.3 Å². The van der Waals surface area contributed by atoms with Crippen molar-refractivity contribution in [2.75, 3.05) is 6.61 Å². The van der Waals surface area contributed by atoms with Crippen LogP contribution in [0.2, 0.25) is 0 Å². The number of hydrogen-bond donors (Lipinski definition) is 5. The van der Waals surface area contributed by atoms with Crippen LogP contribution in [0.5, 0.6) is 5.75 Å². The van der Waals surface area contributed by atoms with E-state index in [1.807, 2.05) is 0 Å². The number of hydrogen-bond acceptors (Lipinski definition) is 8. The third-order valence-corrected chi connectivity index (χ3v) is 4.27. The maximum absolute atomic E-state index is 10.8. The van der Waals surface area contributed by atoms with Gasteiger partial charge in [0.1, 0.15) is 35.9 Å². The molecule has 1 saturated heterocycles. The van der Waals surface area contributed by atoms with Gasteiger partial charge in [0.2, 0.25) is 6.29 Å². The monoisotopic (exact) mass is 377 g/mol. The summed E-state index contributed by atoms with van der Waals surface area (Å²) in [7, 11) is 0. The average molecular weight is 377 g/mol. The molecule has 1 aromatic heterocycles. The number of aromatic nitrogens is 1. The summed E-state index contributed by atoms with van der Waals surface area (Å²) in [5.74, 6) is -0.775. The van der Waals surface area contributed by atoms with Gasteiger partial charge in [-0.25, -0.2) is 9.78 Å². The third-order valence-electron chi connectivity index (χ3n) is 4.27. The molecule has 5 atom stereocenters. The van der Waals surface area contributed by atoms with Gasteiger partial charge in [0.15, 0.2) is 0 Å². The lowest BCUT2D eigenvalue weighted by molar-refractivity contribution is -0.277. The van der Waals surface area contributed by atoms with Crippen LogP contribution in [0, 0.1) is 0 Å². The highest BCUT2D eigenvalue weighted by Crippen LogP contribution is 2.26. The van der Waals surface area contributed by atoms with Gasteiger partial charge < -0.3 is 35.0 Å². The number of aliphatic hydroxyl groups excluding tert-OH is 4. The molecule has 27 heavy (non-hydrogen) atoms. The van der Waals surface area contributed by atoms with Crippen LogP contribution in [0.1, 0.15) is 10.5 Å². The fraction of sp³-hybridized carbons (Fsp3) is 0.333. The Morgan fingerprint density at radius 1 is 1.00 bits per heavy atom. The van der Waals surface area contributed by atoms with E-state index in [2.05, 4.69) is 4.98 Å². The summed E-state index contributed by atoms with van der Waals surface area (Å²) in [6, 6.07) is 9.64. The van der Waals surface area contributed by atoms with Crippen LogP contribution in [0.25, 0.3) is 11.1 Å². The molecule has 9 heteroatoms. The van der Waals surface area contributed by atoms with Crippen LogP contribution in [0.3, 0.4) is 0 Å². The van der Waals surface area contributed by atoms with Gasteiger partial charge in [0.05, 0.1) is 6.61 Å². The van der Waals surface area contributed by atoms with Crippen molar-refractivity contribution in [3.63, 3.8) is 0 Å². The molecule has 1 aliphatic heterocycles. The average Bonchev–Trinajstić information content (AvgIpc) is 2.69. The number of carbonyl (C=O) groups is 1. The fourth-order valence-corrected chi connectivity index (χ4v) is 2.72. The molecule has 0 amide bonds. The van der Waals surface area contributed by atoms with E-state index in [0.717, 1.165) is 5.56 Å². The molecule has 144 valence electrons. The standard InChI is InChI=1S/C18H19NO8/c20-8-13-14(21)15(22)16(23)18(27-13)26-11-4-1-9(2-5-11)10-3-6-12(17(24)25)19-7-10/h1-7,13-16,18,20-23H,8H2,(H,24,25)/t13-,14-,15+,16+,18-/m1/s1. The second kappa shape index (κ2) is 7.99. The molecular weight excluding hydrogens is 358 g/mol. The predicted octanol–water partition coefficient (Wildman–Crippen LogP) is -0.375. The van der Waals surface area contributed by atoms with Crippen molar-refractivity contribution in [3.05, 3.63) is 48.3 Å². The number of rotatable bonds is 5. The number of carboxylic acids is 1. The molecule has 2 heterocycles. The highest BCUT2D eigenvalue weighted by Gasteiger charge is 2.44. The first-order chi connectivity index (χ1) is 12.9. The Morgan fingerprint density at radius 3 is 2.22 bits per heavy atom. The Labute approximate surface area is 154 Å². The smallest absolute Gasteiger partial charge is 0.354 e. The van der Waals surface area contributed by atoms with Crippen molar-refractivity contribution in [3.8, 4) is 16.9 Å². The molecule has 0 radical (unpaired) electrons. The molecule has 1 aromatic carbocycles. The molecule has 0 spiro atoms. The van der Waals surface area contributed by atoms with Gasteiger partial charge in [0, 0.05) is 11.8 Å². The van der Waals surface area contributed by atoms with Crippen LogP contribution in [-0.4, -0.2) is 73.8 Å². The Bertz CT molecular complexity index is 777. The number of ether oxygens (including phenoxy) is 2. The Hall–Kier alpha value is -2.56. The first-order valence-corrected chi connectivity index (χ1v) is 8.17. The van der Waals surface area contributed by atoms with Crippen LogP contribution in [-0.2, 0) is 4.74 Å². The minimum absolute atomic E-state index is 0.0543. The van der Waals surface area contributed by atoms with Gasteiger partial charge in [-0.2, -0.15) is 0 Å². The Kier molecular flexibility index (Phi) is 5.68. The summed E-state index contributed by atoms with van der Waals surface area (Å²) in [4.78, 5) is 14.7. The summed E-state index contributed by atoms with van der Waals surface area (Å²) in [5.41, 5.74) is 1.42. The minimum Gasteiger partial charge on any atom is -0.477 e. The molecule has 0 bridgehead atoms. The van der Waals surface area contributed by atoms with E-state index in [1.54, 1.807) is 30.3 Å². The molecule has 0 unspecified atom stereocenters. The van der Waals surface area contributed by atoms with Crippen LogP contribution < -0.4 is 4.74 Å². The summed E-state index contributed by atoms with van der Waals surface area (Å²) in [6.07, 6.45) is -5.33. The lowest BCUT2D eigenvalue weighted by Crippen LogP contribution is -2.60. The first-order valence-electron chi connectivity index (χ1n) is 8.17. The highest BCUT2D eigenvalue weighted by atomic mass is 16.7. The molecule has 1 aliphatic rings. The van der Waals surface area contributed by atoms with E-state index in [9.17, 15) is 25.2 Å².